The number of hydrogen-bond acceptors (Lipinski definition) is 10. The molecule has 1 amide bonds. The van der Waals surface area contributed by atoms with Crippen LogP contribution in [0.15, 0.2) is 30.3 Å². The van der Waals surface area contributed by atoms with E-state index < -0.39 is 76.6 Å². The smallest absolute Gasteiger partial charge is 0.235 e. The van der Waals surface area contributed by atoms with Gasteiger partial charge in [-0.1, -0.05) is 12.1 Å². The number of ketones is 4. The second-order valence-electron chi connectivity index (χ2n) is 9.86. The third-order valence-corrected chi connectivity index (χ3v) is 8.08. The number of Topliss-reactive ketones (excluding diaryl/α,β-unsaturated/α-hetero) is 4. The molecule has 37 heavy (non-hydrogen) atoms. The molecule has 190 valence electrons. The van der Waals surface area contributed by atoms with Crippen molar-refractivity contribution in [2.75, 3.05) is 6.79 Å². The normalized spacial score (nSPS) is 32.0. The molecule has 2 saturated carbocycles. The van der Waals surface area contributed by atoms with Crippen molar-refractivity contribution in [2.45, 2.75) is 24.5 Å². The highest BCUT2D eigenvalue weighted by Crippen LogP contribution is 2.51. The van der Waals surface area contributed by atoms with Crippen molar-refractivity contribution in [1.29, 1.82) is 0 Å². The van der Waals surface area contributed by atoms with Gasteiger partial charge in [0.1, 0.15) is 5.75 Å². The summed E-state index contributed by atoms with van der Waals surface area (Å²) < 4.78 is 10.8. The van der Waals surface area contributed by atoms with Crippen LogP contribution in [0.3, 0.4) is 0 Å². The monoisotopic (exact) mass is 507 g/mol. The van der Waals surface area contributed by atoms with Gasteiger partial charge in [0.05, 0.1) is 17.6 Å². The molecule has 2 aromatic carbocycles. The number of aromatic hydroxyl groups is 1. The number of carbonyl (C=O) groups excluding carboxylic acids is 5. The summed E-state index contributed by atoms with van der Waals surface area (Å²) in [6.07, 6.45) is -2.31. The molecule has 0 saturated heterocycles. The van der Waals surface area contributed by atoms with Gasteiger partial charge in [0.25, 0.3) is 0 Å². The first-order valence-corrected chi connectivity index (χ1v) is 11.7. The molecule has 2 aromatic rings. The van der Waals surface area contributed by atoms with Crippen LogP contribution in [0.5, 0.6) is 17.2 Å². The van der Waals surface area contributed by atoms with Gasteiger partial charge in [-0.15, -0.1) is 0 Å². The van der Waals surface area contributed by atoms with E-state index in [1.54, 1.807) is 24.3 Å². The maximum absolute atomic E-state index is 13.7. The lowest BCUT2D eigenvalue weighted by Gasteiger charge is -2.51. The number of hydrogen-bond donors (Lipinski definition) is 4. The zero-order valence-corrected chi connectivity index (χ0v) is 19.2. The van der Waals surface area contributed by atoms with Gasteiger partial charge >= 0.3 is 0 Å². The summed E-state index contributed by atoms with van der Waals surface area (Å²) in [6.45, 7) is 0.0569. The Labute approximate surface area is 208 Å². The van der Waals surface area contributed by atoms with Gasteiger partial charge < -0.3 is 30.5 Å². The molecule has 1 heterocycles. The topological polar surface area (TPSA) is 191 Å². The van der Waals surface area contributed by atoms with E-state index in [0.29, 0.717) is 28.2 Å². The Hall–Kier alpha value is -4.09. The number of aliphatic hydroxyl groups excluding tert-OH is 1. The van der Waals surface area contributed by atoms with E-state index in [9.17, 15) is 39.3 Å². The molecule has 0 spiro atoms. The summed E-state index contributed by atoms with van der Waals surface area (Å²) >= 11 is 0. The van der Waals surface area contributed by atoms with Gasteiger partial charge in [-0.3, -0.25) is 24.0 Å². The number of amides is 1. The molecular weight excluding hydrogens is 486 g/mol. The highest BCUT2D eigenvalue weighted by atomic mass is 16.7. The molecule has 1 aliphatic heterocycles. The molecule has 0 radical (unpaired) electrons. The number of nitrogens with two attached hydrogens (primary N) is 1. The van der Waals surface area contributed by atoms with E-state index in [0.717, 1.165) is 0 Å². The summed E-state index contributed by atoms with van der Waals surface area (Å²) in [6, 6.07) is 8.02. The number of primary amides is 1. The van der Waals surface area contributed by atoms with Crippen LogP contribution >= 0.6 is 0 Å². The SMILES string of the molecule is NC(=O)C1C(=O)C[C@@H]2[C@@H](O)[C@@H]3Cc4c(-c5ccc6c(c5)OCO6)ccc(O)c4C(=O)C3C(=O)[C@]2(O)C1=O. The molecule has 2 fully saturated rings. The fourth-order valence-corrected chi connectivity index (χ4v) is 6.32. The van der Waals surface area contributed by atoms with Crippen LogP contribution < -0.4 is 15.2 Å². The van der Waals surface area contributed by atoms with Crippen molar-refractivity contribution in [3.8, 4) is 28.4 Å². The second kappa shape index (κ2) is 7.70. The molecule has 11 nitrogen and oxygen atoms in total. The van der Waals surface area contributed by atoms with Crippen LogP contribution in [0.2, 0.25) is 0 Å². The Balaban J connectivity index is 1.48. The summed E-state index contributed by atoms with van der Waals surface area (Å²) in [7, 11) is 0. The highest BCUT2D eigenvalue weighted by molar-refractivity contribution is 6.31. The number of aliphatic hydroxyl groups is 2. The predicted octanol–water partition coefficient (Wildman–Crippen LogP) is -0.307. The lowest BCUT2D eigenvalue weighted by Crippen LogP contribution is -2.72. The van der Waals surface area contributed by atoms with E-state index in [1.807, 2.05) is 0 Å². The Morgan fingerprint density at radius 1 is 1.00 bits per heavy atom. The zero-order chi connectivity index (χ0) is 26.4. The fraction of sp³-hybridized carbons (Fsp3) is 0.346. The maximum atomic E-state index is 13.7. The Morgan fingerprint density at radius 3 is 2.46 bits per heavy atom. The van der Waals surface area contributed by atoms with Crippen molar-refractivity contribution < 1.29 is 48.8 Å². The minimum absolute atomic E-state index is 0.0569. The third kappa shape index (κ3) is 2.98. The van der Waals surface area contributed by atoms with E-state index in [4.69, 9.17) is 15.2 Å². The van der Waals surface area contributed by atoms with Crippen molar-refractivity contribution in [2.24, 2.45) is 29.4 Å². The lowest BCUT2D eigenvalue weighted by molar-refractivity contribution is -0.188. The average Bonchev–Trinajstić information content (AvgIpc) is 3.32. The van der Waals surface area contributed by atoms with Gasteiger partial charge in [0, 0.05) is 18.3 Å². The van der Waals surface area contributed by atoms with Crippen molar-refractivity contribution >= 4 is 29.0 Å². The summed E-state index contributed by atoms with van der Waals surface area (Å²) in [5.74, 6) is -11.5. The van der Waals surface area contributed by atoms with Crippen LogP contribution in [0.25, 0.3) is 11.1 Å². The van der Waals surface area contributed by atoms with Gasteiger partial charge in [0.2, 0.25) is 12.7 Å². The van der Waals surface area contributed by atoms with Crippen LogP contribution in [0.4, 0.5) is 0 Å². The first-order chi connectivity index (χ1) is 17.6. The van der Waals surface area contributed by atoms with Gasteiger partial charge in [-0.05, 0) is 41.3 Å². The molecule has 2 unspecified atom stereocenters. The molecule has 5 N–H and O–H groups in total. The Kier molecular flexibility index (Phi) is 4.85. The minimum Gasteiger partial charge on any atom is -0.507 e. The Morgan fingerprint density at radius 2 is 1.73 bits per heavy atom. The first kappa shape index (κ1) is 23.3. The molecule has 0 aromatic heterocycles. The Bertz CT molecular complexity index is 1450. The summed E-state index contributed by atoms with van der Waals surface area (Å²) in [4.78, 5) is 64.6. The molecule has 6 rings (SSSR count). The molecule has 11 heteroatoms. The largest absolute Gasteiger partial charge is 0.507 e. The minimum atomic E-state index is -2.94. The lowest BCUT2D eigenvalue weighted by atomic mass is 9.52. The van der Waals surface area contributed by atoms with Crippen LogP contribution in [0, 0.1) is 23.7 Å². The highest BCUT2D eigenvalue weighted by Gasteiger charge is 2.69. The average molecular weight is 507 g/mol. The molecule has 6 atom stereocenters. The number of phenolic OH excluding ortho intramolecular Hbond substituents is 1. The fourth-order valence-electron chi connectivity index (χ4n) is 6.32. The van der Waals surface area contributed by atoms with Crippen LogP contribution in [0.1, 0.15) is 22.3 Å². The molecule has 0 bridgehead atoms. The number of fused-ring (bicyclic) bond motifs is 4. The van der Waals surface area contributed by atoms with E-state index in [-0.39, 0.29) is 18.8 Å². The van der Waals surface area contributed by atoms with Crippen molar-refractivity contribution in [1.82, 2.24) is 0 Å². The van der Waals surface area contributed by atoms with Crippen LogP contribution in [-0.2, 0) is 25.6 Å². The molecule has 3 aliphatic carbocycles. The van der Waals surface area contributed by atoms with Crippen molar-refractivity contribution in [3.63, 3.8) is 0 Å². The first-order valence-electron chi connectivity index (χ1n) is 11.7. The number of rotatable bonds is 2. The second-order valence-corrected chi connectivity index (χ2v) is 9.86. The number of benzene rings is 2. The van der Waals surface area contributed by atoms with Gasteiger partial charge in [-0.2, -0.15) is 0 Å². The number of phenols is 1. The summed E-state index contributed by atoms with van der Waals surface area (Å²) in [5.41, 5.74) is 3.62. The summed E-state index contributed by atoms with van der Waals surface area (Å²) in [5, 5.41) is 33.2. The van der Waals surface area contributed by atoms with Gasteiger partial charge in [-0.25, -0.2) is 0 Å². The zero-order valence-electron chi connectivity index (χ0n) is 19.2. The predicted molar refractivity (Wildman–Crippen MR) is 121 cm³/mol. The van der Waals surface area contributed by atoms with Crippen LogP contribution in [-0.4, -0.2) is 62.9 Å². The maximum Gasteiger partial charge on any atom is 0.235 e. The standard InChI is InChI=1S/C26H21NO10/c27-25(34)20-15(29)7-13-21(30)12-6-11-10(9-1-4-16-17(5-9)37-8-36-16)2-3-14(28)18(11)22(31)19(12)23(32)26(13,35)24(20)33/h1-5,12-13,19-21,28,30,35H,6-8H2,(H2,27,34)/t12-,13-,19?,20?,21+,26+/m1/s1. The molecule has 4 aliphatic rings. The van der Waals surface area contributed by atoms with Crippen molar-refractivity contribution in [3.05, 3.63) is 41.5 Å². The van der Waals surface area contributed by atoms with Gasteiger partial charge in [0.15, 0.2) is 46.2 Å². The third-order valence-electron chi connectivity index (χ3n) is 8.08. The molecular formula is C26H21NO10. The number of carbonyl (C=O) groups is 5. The van der Waals surface area contributed by atoms with E-state index >= 15 is 0 Å². The quantitative estimate of drug-likeness (QED) is 0.392. The van der Waals surface area contributed by atoms with E-state index in [1.165, 1.54) is 6.07 Å². The number of ether oxygens (including phenoxy) is 2. The van der Waals surface area contributed by atoms with E-state index in [2.05, 4.69) is 0 Å².